The Morgan fingerprint density at radius 2 is 2.00 bits per heavy atom. The van der Waals surface area contributed by atoms with Gasteiger partial charge in [-0.2, -0.15) is 12.7 Å². The van der Waals surface area contributed by atoms with Crippen LogP contribution < -0.4 is 10.5 Å². The predicted octanol–water partition coefficient (Wildman–Crippen LogP) is 0.994. The van der Waals surface area contributed by atoms with Crippen molar-refractivity contribution in [3.05, 3.63) is 29.8 Å². The minimum absolute atomic E-state index is 0.125. The van der Waals surface area contributed by atoms with E-state index in [1.807, 2.05) is 0 Å². The van der Waals surface area contributed by atoms with Crippen LogP contribution in [0.4, 0.5) is 5.69 Å². The molecule has 0 amide bonds. The highest BCUT2D eigenvalue weighted by Crippen LogP contribution is 2.17. The number of rotatable bonds is 4. The number of nitrogens with zero attached hydrogens (tertiary/aromatic N) is 1. The lowest BCUT2D eigenvalue weighted by molar-refractivity contribution is 0.414. The third kappa shape index (κ3) is 4.24. The Bertz CT molecular complexity index is 585. The zero-order chi connectivity index (χ0) is 14.5. The topological polar surface area (TPSA) is 75.4 Å². The van der Waals surface area contributed by atoms with E-state index in [0.29, 0.717) is 11.3 Å². The molecule has 0 saturated heterocycles. The largest absolute Gasteiger partial charge is 0.320 e. The van der Waals surface area contributed by atoms with E-state index < -0.39 is 10.2 Å². The molecule has 0 heterocycles. The van der Waals surface area contributed by atoms with Gasteiger partial charge < -0.3 is 5.73 Å². The molecule has 0 aromatic heterocycles. The Morgan fingerprint density at radius 3 is 2.58 bits per heavy atom. The van der Waals surface area contributed by atoms with E-state index in [1.165, 1.54) is 11.4 Å². The number of benzene rings is 1. The minimum Gasteiger partial charge on any atom is -0.320 e. The zero-order valence-electron chi connectivity index (χ0n) is 11.3. The summed E-state index contributed by atoms with van der Waals surface area (Å²) in [4.78, 5) is 0. The summed E-state index contributed by atoms with van der Waals surface area (Å²) in [5.41, 5.74) is 6.38. The maximum absolute atomic E-state index is 12.1. The molecule has 6 heteroatoms. The second-order valence-electron chi connectivity index (χ2n) is 4.27. The molecule has 0 spiro atoms. The van der Waals surface area contributed by atoms with Crippen molar-refractivity contribution in [1.29, 1.82) is 0 Å². The first-order valence-electron chi connectivity index (χ1n) is 5.92. The van der Waals surface area contributed by atoms with E-state index in [2.05, 4.69) is 16.6 Å². The minimum atomic E-state index is -3.58. The number of nitrogens with one attached hydrogen (secondary N) is 1. The molecule has 0 aliphatic rings. The molecule has 19 heavy (non-hydrogen) atoms. The van der Waals surface area contributed by atoms with Crippen molar-refractivity contribution in [1.82, 2.24) is 4.31 Å². The summed E-state index contributed by atoms with van der Waals surface area (Å²) >= 11 is 0. The van der Waals surface area contributed by atoms with Gasteiger partial charge in [-0.25, -0.2) is 0 Å². The molecule has 1 aromatic rings. The Kier molecular flexibility index (Phi) is 5.36. The standard InChI is InChI=1S/C13H19N3O2S/c1-11(2)16(3)19(17,18)15-13-9-5-4-7-12(13)8-6-10-14/h4-5,7,9,11,15H,10,14H2,1-3H3. The van der Waals surface area contributed by atoms with Gasteiger partial charge in [0.2, 0.25) is 0 Å². The third-order valence-electron chi connectivity index (χ3n) is 2.60. The summed E-state index contributed by atoms with van der Waals surface area (Å²) in [5.74, 6) is 5.56. The van der Waals surface area contributed by atoms with Gasteiger partial charge in [-0.05, 0) is 26.0 Å². The maximum Gasteiger partial charge on any atom is 0.301 e. The Morgan fingerprint density at radius 1 is 1.37 bits per heavy atom. The van der Waals surface area contributed by atoms with Crippen LogP contribution >= 0.6 is 0 Å². The molecule has 0 saturated carbocycles. The van der Waals surface area contributed by atoms with Crippen molar-refractivity contribution in [3.8, 4) is 11.8 Å². The highest BCUT2D eigenvalue weighted by Gasteiger charge is 2.20. The van der Waals surface area contributed by atoms with Gasteiger partial charge in [0.05, 0.1) is 12.2 Å². The molecule has 1 rings (SSSR count). The lowest BCUT2D eigenvalue weighted by atomic mass is 10.2. The molecule has 0 bridgehead atoms. The van der Waals surface area contributed by atoms with E-state index in [1.54, 1.807) is 38.1 Å². The van der Waals surface area contributed by atoms with Gasteiger partial charge in [0.25, 0.3) is 0 Å². The van der Waals surface area contributed by atoms with Crippen molar-refractivity contribution in [2.45, 2.75) is 19.9 Å². The third-order valence-corrected chi connectivity index (χ3v) is 4.26. The van der Waals surface area contributed by atoms with E-state index >= 15 is 0 Å². The molecule has 1 aromatic carbocycles. The van der Waals surface area contributed by atoms with Crippen LogP contribution in [0.25, 0.3) is 0 Å². The second-order valence-corrected chi connectivity index (χ2v) is 6.00. The highest BCUT2D eigenvalue weighted by molar-refractivity contribution is 7.90. The second kappa shape index (κ2) is 6.57. The van der Waals surface area contributed by atoms with Crippen LogP contribution in [0.5, 0.6) is 0 Å². The fraction of sp³-hybridized carbons (Fsp3) is 0.385. The number of hydrogen-bond acceptors (Lipinski definition) is 3. The van der Waals surface area contributed by atoms with Crippen molar-refractivity contribution >= 4 is 15.9 Å². The molecule has 0 radical (unpaired) electrons. The van der Waals surface area contributed by atoms with Crippen LogP contribution in [-0.2, 0) is 10.2 Å². The molecule has 5 nitrogen and oxygen atoms in total. The first-order valence-corrected chi connectivity index (χ1v) is 7.36. The fourth-order valence-corrected chi connectivity index (χ4v) is 2.47. The van der Waals surface area contributed by atoms with Crippen LogP contribution in [0.1, 0.15) is 19.4 Å². The van der Waals surface area contributed by atoms with E-state index in [0.717, 1.165) is 0 Å². The first kappa shape index (κ1) is 15.5. The number of para-hydroxylation sites is 1. The summed E-state index contributed by atoms with van der Waals surface area (Å²) in [6, 6.07) is 6.84. The van der Waals surface area contributed by atoms with Crippen LogP contribution in [0.2, 0.25) is 0 Å². The smallest absolute Gasteiger partial charge is 0.301 e. The monoisotopic (exact) mass is 281 g/mol. The van der Waals surface area contributed by atoms with Gasteiger partial charge >= 0.3 is 10.2 Å². The van der Waals surface area contributed by atoms with Gasteiger partial charge in [0, 0.05) is 18.7 Å². The highest BCUT2D eigenvalue weighted by atomic mass is 32.2. The molecule has 104 valence electrons. The van der Waals surface area contributed by atoms with Gasteiger partial charge in [-0.15, -0.1) is 0 Å². The van der Waals surface area contributed by atoms with Gasteiger partial charge in [0.15, 0.2) is 0 Å². The molecular formula is C13H19N3O2S. The molecular weight excluding hydrogens is 262 g/mol. The molecule has 0 fully saturated rings. The van der Waals surface area contributed by atoms with Crippen LogP contribution in [0, 0.1) is 11.8 Å². The predicted molar refractivity (Wildman–Crippen MR) is 77.8 cm³/mol. The van der Waals surface area contributed by atoms with Gasteiger partial charge in [-0.3, -0.25) is 4.72 Å². The van der Waals surface area contributed by atoms with E-state index in [4.69, 9.17) is 5.73 Å². The normalized spacial score (nSPS) is 11.3. The number of anilines is 1. The average Bonchev–Trinajstić information content (AvgIpc) is 2.36. The quantitative estimate of drug-likeness (QED) is 0.808. The lowest BCUT2D eigenvalue weighted by Gasteiger charge is -2.22. The molecule has 3 N–H and O–H groups in total. The van der Waals surface area contributed by atoms with Crippen molar-refractivity contribution in [2.24, 2.45) is 5.73 Å². The van der Waals surface area contributed by atoms with Crippen LogP contribution in [0.15, 0.2) is 24.3 Å². The summed E-state index contributed by atoms with van der Waals surface area (Å²) in [6.45, 7) is 3.84. The van der Waals surface area contributed by atoms with Gasteiger partial charge in [0.1, 0.15) is 0 Å². The molecule has 0 aliphatic carbocycles. The van der Waals surface area contributed by atoms with E-state index in [9.17, 15) is 8.42 Å². The number of nitrogens with two attached hydrogens (primary N) is 1. The van der Waals surface area contributed by atoms with Crippen LogP contribution in [0.3, 0.4) is 0 Å². The first-order chi connectivity index (χ1) is 8.88. The Balaban J connectivity index is 3.06. The van der Waals surface area contributed by atoms with Gasteiger partial charge in [-0.1, -0.05) is 24.0 Å². The number of hydrogen-bond donors (Lipinski definition) is 2. The molecule has 0 unspecified atom stereocenters. The van der Waals surface area contributed by atoms with Crippen LogP contribution in [-0.4, -0.2) is 32.4 Å². The summed E-state index contributed by atoms with van der Waals surface area (Å²) in [7, 11) is -2.05. The average molecular weight is 281 g/mol. The fourth-order valence-electron chi connectivity index (χ4n) is 1.32. The van der Waals surface area contributed by atoms with Crippen molar-refractivity contribution in [2.75, 3.05) is 18.3 Å². The molecule has 0 aliphatic heterocycles. The van der Waals surface area contributed by atoms with Crippen molar-refractivity contribution < 1.29 is 8.42 Å². The van der Waals surface area contributed by atoms with Crippen molar-refractivity contribution in [3.63, 3.8) is 0 Å². The summed E-state index contributed by atoms with van der Waals surface area (Å²) < 4.78 is 28.0. The Hall–Kier alpha value is -1.55. The lowest BCUT2D eigenvalue weighted by Crippen LogP contribution is -2.37. The summed E-state index contributed by atoms with van der Waals surface area (Å²) in [6.07, 6.45) is 0. The SMILES string of the molecule is CC(C)N(C)S(=O)(=O)Nc1ccccc1C#CCN. The van der Waals surface area contributed by atoms with E-state index in [-0.39, 0.29) is 12.6 Å². The summed E-state index contributed by atoms with van der Waals surface area (Å²) in [5, 5.41) is 0. The Labute approximate surface area is 115 Å². The molecule has 0 atom stereocenters. The maximum atomic E-state index is 12.1. The zero-order valence-corrected chi connectivity index (χ0v) is 12.2.